The van der Waals surface area contributed by atoms with E-state index in [4.69, 9.17) is 4.98 Å². The van der Waals surface area contributed by atoms with E-state index in [1.807, 2.05) is 24.3 Å². The van der Waals surface area contributed by atoms with E-state index in [-0.39, 0.29) is 0 Å². The summed E-state index contributed by atoms with van der Waals surface area (Å²) < 4.78 is 2.13. The zero-order valence-electron chi connectivity index (χ0n) is 13.1. The monoisotopic (exact) mass is 309 g/mol. The van der Waals surface area contributed by atoms with Crippen LogP contribution < -0.4 is 0 Å². The van der Waals surface area contributed by atoms with Gasteiger partial charge in [0.1, 0.15) is 6.07 Å². The minimum Gasteiger partial charge on any atom is -0.291 e. The fourth-order valence-corrected chi connectivity index (χ4v) is 3.50. The van der Waals surface area contributed by atoms with Crippen molar-refractivity contribution in [1.82, 2.24) is 9.38 Å². The highest BCUT2D eigenvalue weighted by atomic mass is 15.0. The number of hydrogen-bond acceptors (Lipinski definition) is 2. The molecule has 2 aromatic carbocycles. The van der Waals surface area contributed by atoms with Gasteiger partial charge in [0, 0.05) is 0 Å². The molecule has 1 fully saturated rings. The third-order valence-electron chi connectivity index (χ3n) is 4.80. The summed E-state index contributed by atoms with van der Waals surface area (Å²) >= 11 is 0. The Morgan fingerprint density at radius 2 is 1.75 bits per heavy atom. The molecule has 0 saturated heterocycles. The summed E-state index contributed by atoms with van der Waals surface area (Å²) in [4.78, 5) is 4.78. The summed E-state index contributed by atoms with van der Waals surface area (Å²) in [5.74, 6) is 0.506. The van der Waals surface area contributed by atoms with E-state index in [1.54, 1.807) is 0 Å². The van der Waals surface area contributed by atoms with Gasteiger partial charge in [-0.2, -0.15) is 5.26 Å². The fourth-order valence-electron chi connectivity index (χ4n) is 3.50. The standard InChI is InChI=1S/C21H15N3/c22-13-17-16(14-10-11-14)12-20(15-6-2-1-3-7-15)24-19-9-5-4-8-18(19)23-21(17)24/h1-9,12,14H,10-11H2. The average Bonchev–Trinajstić information content (AvgIpc) is 3.41. The van der Waals surface area contributed by atoms with Crippen LogP contribution in [-0.4, -0.2) is 9.38 Å². The van der Waals surface area contributed by atoms with Gasteiger partial charge in [-0.1, -0.05) is 42.5 Å². The molecule has 2 aromatic heterocycles. The number of imidazole rings is 1. The molecule has 0 unspecified atom stereocenters. The normalized spacial score (nSPS) is 14.1. The van der Waals surface area contributed by atoms with E-state index >= 15 is 0 Å². The van der Waals surface area contributed by atoms with Crippen molar-refractivity contribution in [3.63, 3.8) is 0 Å². The van der Waals surface area contributed by atoms with Gasteiger partial charge in [-0.25, -0.2) is 4.98 Å². The summed E-state index contributed by atoms with van der Waals surface area (Å²) in [5, 5.41) is 9.78. The molecular weight excluding hydrogens is 294 g/mol. The van der Waals surface area contributed by atoms with E-state index < -0.39 is 0 Å². The maximum atomic E-state index is 9.78. The van der Waals surface area contributed by atoms with Crippen molar-refractivity contribution in [2.75, 3.05) is 0 Å². The Labute approximate surface area is 139 Å². The average molecular weight is 309 g/mol. The van der Waals surface area contributed by atoms with E-state index in [1.165, 1.54) is 12.8 Å². The van der Waals surface area contributed by atoms with Crippen LogP contribution in [0.5, 0.6) is 0 Å². The molecule has 1 aliphatic carbocycles. The predicted molar refractivity (Wildman–Crippen MR) is 94.8 cm³/mol. The molecule has 0 bridgehead atoms. The summed E-state index contributed by atoms with van der Waals surface area (Å²) in [6.07, 6.45) is 2.33. The van der Waals surface area contributed by atoms with E-state index in [9.17, 15) is 5.26 Å². The number of hydrogen-bond donors (Lipinski definition) is 0. The molecule has 4 aromatic rings. The lowest BCUT2D eigenvalue weighted by Gasteiger charge is -2.12. The minimum absolute atomic E-state index is 0.506. The second kappa shape index (κ2) is 4.94. The number of nitriles is 1. The Kier molecular flexibility index (Phi) is 2.74. The number of pyridine rings is 1. The van der Waals surface area contributed by atoms with Crippen molar-refractivity contribution in [3.8, 4) is 17.3 Å². The molecule has 3 heteroatoms. The van der Waals surface area contributed by atoms with Gasteiger partial charge < -0.3 is 0 Å². The second-order valence-corrected chi connectivity index (χ2v) is 6.37. The Balaban J connectivity index is 1.98. The predicted octanol–water partition coefficient (Wildman–Crippen LogP) is 4.90. The third-order valence-corrected chi connectivity index (χ3v) is 4.80. The number of benzene rings is 2. The van der Waals surface area contributed by atoms with Crippen molar-refractivity contribution in [2.45, 2.75) is 18.8 Å². The Bertz CT molecular complexity index is 1110. The van der Waals surface area contributed by atoms with Crippen molar-refractivity contribution >= 4 is 16.7 Å². The molecule has 114 valence electrons. The summed E-state index contributed by atoms with van der Waals surface area (Å²) in [6.45, 7) is 0. The van der Waals surface area contributed by atoms with Crippen molar-refractivity contribution in [1.29, 1.82) is 5.26 Å². The minimum atomic E-state index is 0.506. The number of nitrogens with zero attached hydrogens (tertiary/aromatic N) is 3. The lowest BCUT2D eigenvalue weighted by atomic mass is 10.0. The molecule has 5 rings (SSSR count). The lowest BCUT2D eigenvalue weighted by molar-refractivity contribution is 1.09. The van der Waals surface area contributed by atoms with E-state index in [2.05, 4.69) is 46.9 Å². The quantitative estimate of drug-likeness (QED) is 0.528. The number of para-hydroxylation sites is 2. The first-order valence-corrected chi connectivity index (χ1v) is 8.26. The molecular formula is C21H15N3. The van der Waals surface area contributed by atoms with Gasteiger partial charge in [-0.05, 0) is 48.1 Å². The van der Waals surface area contributed by atoms with Gasteiger partial charge >= 0.3 is 0 Å². The van der Waals surface area contributed by atoms with Crippen LogP contribution in [0, 0.1) is 11.3 Å². The fraction of sp³-hybridized carbons (Fsp3) is 0.143. The van der Waals surface area contributed by atoms with Crippen LogP contribution in [0.1, 0.15) is 29.9 Å². The first kappa shape index (κ1) is 13.3. The lowest BCUT2D eigenvalue weighted by Crippen LogP contribution is -1.99. The molecule has 0 N–H and O–H groups in total. The SMILES string of the molecule is N#Cc1c(C2CC2)cc(-c2ccccc2)n2c1nc1ccccc12. The maximum absolute atomic E-state index is 9.78. The highest BCUT2D eigenvalue weighted by Crippen LogP contribution is 2.44. The Hall–Kier alpha value is -3.12. The second-order valence-electron chi connectivity index (χ2n) is 6.37. The smallest absolute Gasteiger partial charge is 0.156 e. The molecule has 2 heterocycles. The molecule has 0 radical (unpaired) electrons. The van der Waals surface area contributed by atoms with E-state index in [0.717, 1.165) is 39.1 Å². The van der Waals surface area contributed by atoms with Gasteiger partial charge in [-0.3, -0.25) is 4.40 Å². The van der Waals surface area contributed by atoms with E-state index in [0.29, 0.717) is 5.92 Å². The molecule has 1 aliphatic rings. The summed E-state index contributed by atoms with van der Waals surface area (Å²) in [5.41, 5.74) is 6.90. The van der Waals surface area contributed by atoms with Crippen LogP contribution in [0.3, 0.4) is 0 Å². The number of rotatable bonds is 2. The number of aromatic nitrogens is 2. The number of fused-ring (bicyclic) bond motifs is 3. The third kappa shape index (κ3) is 1.87. The highest BCUT2D eigenvalue weighted by Gasteiger charge is 2.29. The van der Waals surface area contributed by atoms with Gasteiger partial charge in [0.05, 0.1) is 22.3 Å². The molecule has 0 amide bonds. The summed E-state index contributed by atoms with van der Waals surface area (Å²) in [6, 6.07) is 23.1. The van der Waals surface area contributed by atoms with Crippen molar-refractivity contribution < 1.29 is 0 Å². The van der Waals surface area contributed by atoms with Gasteiger partial charge in [-0.15, -0.1) is 0 Å². The van der Waals surface area contributed by atoms with Gasteiger partial charge in [0.2, 0.25) is 0 Å². The van der Waals surface area contributed by atoms with Gasteiger partial charge in [0.25, 0.3) is 0 Å². The van der Waals surface area contributed by atoms with Crippen molar-refractivity contribution in [2.24, 2.45) is 0 Å². The van der Waals surface area contributed by atoms with Crippen LogP contribution in [0.2, 0.25) is 0 Å². The first-order valence-electron chi connectivity index (χ1n) is 8.26. The molecule has 0 atom stereocenters. The van der Waals surface area contributed by atoms with Crippen LogP contribution in [0.4, 0.5) is 0 Å². The Morgan fingerprint density at radius 1 is 1.00 bits per heavy atom. The molecule has 1 saturated carbocycles. The van der Waals surface area contributed by atoms with Crippen molar-refractivity contribution in [3.05, 3.63) is 71.8 Å². The van der Waals surface area contributed by atoms with Gasteiger partial charge in [0.15, 0.2) is 5.65 Å². The van der Waals surface area contributed by atoms with Crippen LogP contribution in [0.15, 0.2) is 60.7 Å². The first-order chi connectivity index (χ1) is 11.9. The molecule has 24 heavy (non-hydrogen) atoms. The zero-order valence-corrected chi connectivity index (χ0v) is 13.1. The molecule has 0 aliphatic heterocycles. The van der Waals surface area contributed by atoms with Crippen LogP contribution in [-0.2, 0) is 0 Å². The zero-order chi connectivity index (χ0) is 16.1. The van der Waals surface area contributed by atoms with Crippen LogP contribution >= 0.6 is 0 Å². The Morgan fingerprint density at radius 3 is 2.50 bits per heavy atom. The highest BCUT2D eigenvalue weighted by molar-refractivity contribution is 5.86. The molecule has 3 nitrogen and oxygen atoms in total. The topological polar surface area (TPSA) is 41.1 Å². The largest absolute Gasteiger partial charge is 0.291 e. The van der Waals surface area contributed by atoms with Crippen LogP contribution in [0.25, 0.3) is 27.9 Å². The molecule has 0 spiro atoms. The maximum Gasteiger partial charge on any atom is 0.156 e. The summed E-state index contributed by atoms with van der Waals surface area (Å²) in [7, 11) is 0.